The van der Waals surface area contributed by atoms with Gasteiger partial charge in [-0.15, -0.1) is 0 Å². The van der Waals surface area contributed by atoms with Gasteiger partial charge in [0.05, 0.1) is 0 Å². The third-order valence-electron chi connectivity index (χ3n) is 1.54. The second-order valence-electron chi connectivity index (χ2n) is 3.73. The Morgan fingerprint density at radius 1 is 1.54 bits per heavy atom. The van der Waals surface area contributed by atoms with E-state index >= 15 is 0 Å². The Morgan fingerprint density at radius 2 is 2.08 bits per heavy atom. The molecule has 0 radical (unpaired) electrons. The number of imidazole rings is 1. The van der Waals surface area contributed by atoms with E-state index in [-0.39, 0.29) is 16.4 Å². The Kier molecular flexibility index (Phi) is 2.30. The molecule has 72 valence electrons. The summed E-state index contributed by atoms with van der Waals surface area (Å²) in [4.78, 5) is 16.3. The smallest absolute Gasteiger partial charge is 0.358 e. The molecule has 0 spiro atoms. The van der Waals surface area contributed by atoms with E-state index in [0.717, 1.165) is 0 Å². The van der Waals surface area contributed by atoms with Crippen molar-refractivity contribution < 1.29 is 4.92 Å². The van der Waals surface area contributed by atoms with E-state index in [1.165, 1.54) is 0 Å². The number of aromatic nitrogens is 2. The van der Waals surface area contributed by atoms with Gasteiger partial charge < -0.3 is 10.1 Å². The molecule has 0 aliphatic rings. The van der Waals surface area contributed by atoms with Gasteiger partial charge in [-0.3, -0.25) is 0 Å². The molecule has 1 rings (SSSR count). The normalized spacial score (nSPS) is 11.7. The molecule has 1 heterocycles. The molecule has 0 saturated heterocycles. The first-order chi connectivity index (χ1) is 5.82. The van der Waals surface area contributed by atoms with E-state index in [0.29, 0.717) is 5.82 Å². The van der Waals surface area contributed by atoms with Crippen molar-refractivity contribution in [3.05, 3.63) is 21.1 Å². The Morgan fingerprint density at radius 3 is 2.31 bits per heavy atom. The van der Waals surface area contributed by atoms with Crippen LogP contribution in [0, 0.1) is 10.1 Å². The fourth-order valence-electron chi connectivity index (χ4n) is 0.819. The molecule has 0 atom stereocenters. The molecule has 0 unspecified atom stereocenters. The molecule has 0 saturated carbocycles. The van der Waals surface area contributed by atoms with Gasteiger partial charge in [0.2, 0.25) is 11.0 Å². The monoisotopic (exact) mass is 203 g/mol. The molecule has 0 fully saturated rings. The largest absolute Gasteiger partial charge is 0.359 e. The number of rotatable bonds is 1. The summed E-state index contributed by atoms with van der Waals surface area (Å²) in [6.45, 7) is 5.68. The minimum absolute atomic E-state index is 0.0880. The van der Waals surface area contributed by atoms with Crippen LogP contribution in [0.1, 0.15) is 26.6 Å². The average Bonchev–Trinajstić information content (AvgIpc) is 2.29. The Bertz CT molecular complexity index is 340. The van der Waals surface area contributed by atoms with E-state index in [4.69, 9.17) is 11.6 Å². The highest BCUT2D eigenvalue weighted by Gasteiger charge is 2.26. The summed E-state index contributed by atoms with van der Waals surface area (Å²) in [6, 6.07) is 0. The van der Waals surface area contributed by atoms with Crippen LogP contribution in [0.2, 0.25) is 5.15 Å². The maximum atomic E-state index is 10.4. The molecule has 1 aromatic heterocycles. The van der Waals surface area contributed by atoms with Crippen LogP contribution in [0.4, 0.5) is 5.82 Å². The number of nitrogens with zero attached hydrogens (tertiary/aromatic N) is 2. The molecule has 0 amide bonds. The quantitative estimate of drug-likeness (QED) is 0.562. The van der Waals surface area contributed by atoms with Gasteiger partial charge in [0.15, 0.2) is 0 Å². The van der Waals surface area contributed by atoms with Gasteiger partial charge in [0.25, 0.3) is 0 Å². The highest BCUT2D eigenvalue weighted by Crippen LogP contribution is 2.27. The molecule has 1 N–H and O–H groups in total. The zero-order valence-electron chi connectivity index (χ0n) is 7.59. The lowest BCUT2D eigenvalue weighted by molar-refractivity contribution is -0.389. The Balaban J connectivity index is 3.17. The average molecular weight is 204 g/mol. The van der Waals surface area contributed by atoms with E-state index in [1.54, 1.807) is 0 Å². The van der Waals surface area contributed by atoms with E-state index in [2.05, 4.69) is 9.97 Å². The lowest BCUT2D eigenvalue weighted by Crippen LogP contribution is -2.13. The zero-order chi connectivity index (χ0) is 10.2. The third kappa shape index (κ3) is 1.98. The lowest BCUT2D eigenvalue weighted by atomic mass is 9.96. The van der Waals surface area contributed by atoms with Crippen LogP contribution in [0.5, 0.6) is 0 Å². The highest BCUT2D eigenvalue weighted by molar-refractivity contribution is 6.31. The van der Waals surface area contributed by atoms with Gasteiger partial charge >= 0.3 is 5.82 Å². The van der Waals surface area contributed by atoms with Crippen molar-refractivity contribution in [1.82, 2.24) is 9.97 Å². The van der Waals surface area contributed by atoms with Crippen molar-refractivity contribution in [3.63, 3.8) is 0 Å². The van der Waals surface area contributed by atoms with Crippen LogP contribution in [0.15, 0.2) is 0 Å². The van der Waals surface area contributed by atoms with Crippen LogP contribution in [-0.4, -0.2) is 14.9 Å². The number of hydrogen-bond acceptors (Lipinski definition) is 3. The number of aromatic amines is 1. The maximum absolute atomic E-state index is 10.4. The summed E-state index contributed by atoms with van der Waals surface area (Å²) >= 11 is 5.56. The molecule has 6 heteroatoms. The summed E-state index contributed by atoms with van der Waals surface area (Å²) < 4.78 is 0. The number of nitrogens with one attached hydrogen (secondary N) is 1. The van der Waals surface area contributed by atoms with Crippen LogP contribution in [0.3, 0.4) is 0 Å². The van der Waals surface area contributed by atoms with Gasteiger partial charge in [0.1, 0.15) is 0 Å². The highest BCUT2D eigenvalue weighted by atomic mass is 35.5. The van der Waals surface area contributed by atoms with Crippen molar-refractivity contribution in [1.29, 1.82) is 0 Å². The van der Waals surface area contributed by atoms with Crippen LogP contribution in [-0.2, 0) is 5.41 Å². The zero-order valence-corrected chi connectivity index (χ0v) is 8.34. The molecule has 5 nitrogen and oxygen atoms in total. The summed E-state index contributed by atoms with van der Waals surface area (Å²) in [5, 5.41) is 10.3. The van der Waals surface area contributed by atoms with Crippen molar-refractivity contribution in [3.8, 4) is 0 Å². The second kappa shape index (κ2) is 2.99. The summed E-state index contributed by atoms with van der Waals surface area (Å²) in [6.07, 6.45) is 0. The third-order valence-corrected chi connectivity index (χ3v) is 1.80. The lowest BCUT2D eigenvalue weighted by Gasteiger charge is -2.10. The minimum atomic E-state index is -0.579. The SMILES string of the molecule is CC(C)(C)c1nc(Cl)c([N+](=O)[O-])[nH]1. The van der Waals surface area contributed by atoms with E-state index < -0.39 is 4.92 Å². The van der Waals surface area contributed by atoms with Crippen molar-refractivity contribution in [2.24, 2.45) is 0 Å². The van der Waals surface area contributed by atoms with Gasteiger partial charge in [-0.2, -0.15) is 4.98 Å². The molecule has 0 aromatic carbocycles. The van der Waals surface area contributed by atoms with Crippen LogP contribution >= 0.6 is 11.6 Å². The van der Waals surface area contributed by atoms with Gasteiger partial charge in [-0.25, -0.2) is 4.98 Å². The standard InChI is InChI=1S/C7H10ClN3O2/c1-7(2,3)6-9-4(8)5(10-6)11(12)13/h1-3H3,(H,9,10). The molecule has 1 aromatic rings. The number of H-pyrrole nitrogens is 1. The van der Waals surface area contributed by atoms with Gasteiger partial charge in [-0.05, 0) is 4.92 Å². The molecular weight excluding hydrogens is 194 g/mol. The fraction of sp³-hybridized carbons (Fsp3) is 0.571. The summed E-state index contributed by atoms with van der Waals surface area (Å²) in [7, 11) is 0. The van der Waals surface area contributed by atoms with Crippen molar-refractivity contribution in [2.45, 2.75) is 26.2 Å². The first kappa shape index (κ1) is 9.98. The van der Waals surface area contributed by atoms with Crippen LogP contribution < -0.4 is 0 Å². The Labute approximate surface area is 80.3 Å². The fourth-order valence-corrected chi connectivity index (χ4v) is 1.02. The first-order valence-electron chi connectivity index (χ1n) is 3.72. The minimum Gasteiger partial charge on any atom is -0.358 e. The van der Waals surface area contributed by atoms with Crippen molar-refractivity contribution >= 4 is 17.4 Å². The number of hydrogen-bond donors (Lipinski definition) is 1. The Hall–Kier alpha value is -1.10. The van der Waals surface area contributed by atoms with Crippen LogP contribution in [0.25, 0.3) is 0 Å². The van der Waals surface area contributed by atoms with E-state index in [1.807, 2.05) is 20.8 Å². The number of nitro groups is 1. The summed E-state index contributed by atoms with van der Waals surface area (Å²) in [5.74, 6) is 0.274. The predicted molar refractivity (Wildman–Crippen MR) is 49.0 cm³/mol. The maximum Gasteiger partial charge on any atom is 0.359 e. The van der Waals surface area contributed by atoms with Gasteiger partial charge in [-0.1, -0.05) is 32.4 Å². The molecule has 0 bridgehead atoms. The molecule has 0 aliphatic heterocycles. The topological polar surface area (TPSA) is 71.8 Å². The van der Waals surface area contributed by atoms with Crippen molar-refractivity contribution in [2.75, 3.05) is 0 Å². The molecular formula is C7H10ClN3O2. The number of halogens is 1. The molecule has 13 heavy (non-hydrogen) atoms. The van der Waals surface area contributed by atoms with Gasteiger partial charge in [0, 0.05) is 5.41 Å². The predicted octanol–water partition coefficient (Wildman–Crippen LogP) is 2.27. The summed E-state index contributed by atoms with van der Waals surface area (Å²) in [5.41, 5.74) is -0.266. The first-order valence-corrected chi connectivity index (χ1v) is 4.10. The van der Waals surface area contributed by atoms with E-state index in [9.17, 15) is 10.1 Å². The second-order valence-corrected chi connectivity index (χ2v) is 4.09. The molecule has 0 aliphatic carbocycles.